The first-order chi connectivity index (χ1) is 10.2. The molecule has 0 unspecified atom stereocenters. The van der Waals surface area contributed by atoms with E-state index in [9.17, 15) is 0 Å². The van der Waals surface area contributed by atoms with Crippen LogP contribution in [0.2, 0.25) is 0 Å². The van der Waals surface area contributed by atoms with Gasteiger partial charge in [-0.25, -0.2) is 0 Å². The molecule has 1 heterocycles. The van der Waals surface area contributed by atoms with Crippen LogP contribution in [0.25, 0.3) is 0 Å². The summed E-state index contributed by atoms with van der Waals surface area (Å²) in [5.41, 5.74) is 7.81. The summed E-state index contributed by atoms with van der Waals surface area (Å²) in [6, 6.07) is 10.8. The van der Waals surface area contributed by atoms with Gasteiger partial charge in [0, 0.05) is 18.6 Å². The van der Waals surface area contributed by atoms with Crippen molar-refractivity contribution in [2.75, 3.05) is 32.7 Å². The number of hydrogen-bond acceptors (Lipinski definition) is 3. The molecule has 0 saturated carbocycles. The van der Waals surface area contributed by atoms with Gasteiger partial charge in [0.1, 0.15) is 0 Å². The van der Waals surface area contributed by atoms with Crippen molar-refractivity contribution < 1.29 is 0 Å². The van der Waals surface area contributed by atoms with Crippen LogP contribution in [0.15, 0.2) is 30.3 Å². The van der Waals surface area contributed by atoms with Crippen LogP contribution in [0.3, 0.4) is 0 Å². The molecule has 1 aromatic carbocycles. The van der Waals surface area contributed by atoms with Crippen LogP contribution in [-0.2, 0) is 6.54 Å². The average Bonchev–Trinajstić information content (AvgIpc) is 2.55. The van der Waals surface area contributed by atoms with E-state index in [0.29, 0.717) is 0 Å². The Bertz CT molecular complexity index is 396. The highest BCUT2D eigenvalue weighted by Gasteiger charge is 2.37. The monoisotopic (exact) mass is 289 g/mol. The number of rotatable bonds is 7. The van der Waals surface area contributed by atoms with E-state index in [1.807, 2.05) is 0 Å². The Hall–Kier alpha value is -0.900. The highest BCUT2D eigenvalue weighted by molar-refractivity contribution is 5.15. The van der Waals surface area contributed by atoms with E-state index in [1.165, 1.54) is 44.5 Å². The van der Waals surface area contributed by atoms with Gasteiger partial charge in [-0.05, 0) is 51.0 Å². The summed E-state index contributed by atoms with van der Waals surface area (Å²) in [6.07, 6.45) is 3.64. The van der Waals surface area contributed by atoms with Crippen LogP contribution in [0.5, 0.6) is 0 Å². The molecule has 0 aliphatic carbocycles. The molecule has 1 aliphatic rings. The van der Waals surface area contributed by atoms with Gasteiger partial charge in [-0.2, -0.15) is 0 Å². The van der Waals surface area contributed by atoms with Crippen molar-refractivity contribution >= 4 is 0 Å². The maximum absolute atomic E-state index is 6.23. The van der Waals surface area contributed by atoms with Crippen LogP contribution in [0.1, 0.15) is 38.7 Å². The van der Waals surface area contributed by atoms with Gasteiger partial charge in [0.15, 0.2) is 0 Å². The smallest absolute Gasteiger partial charge is 0.0359 e. The molecule has 0 spiro atoms. The molecule has 0 atom stereocenters. The fraction of sp³-hybridized carbons (Fsp3) is 0.667. The minimum atomic E-state index is 0.189. The molecular weight excluding hydrogens is 258 g/mol. The first-order valence-electron chi connectivity index (χ1n) is 8.45. The highest BCUT2D eigenvalue weighted by Crippen LogP contribution is 2.29. The second-order valence-electron chi connectivity index (χ2n) is 6.27. The minimum Gasteiger partial charge on any atom is -0.329 e. The van der Waals surface area contributed by atoms with Gasteiger partial charge < -0.3 is 10.6 Å². The molecule has 1 fully saturated rings. The Kier molecular flexibility index (Phi) is 6.22. The maximum Gasteiger partial charge on any atom is 0.0359 e. The molecule has 1 aliphatic heterocycles. The topological polar surface area (TPSA) is 32.5 Å². The lowest BCUT2D eigenvalue weighted by atomic mass is 9.85. The van der Waals surface area contributed by atoms with Crippen LogP contribution in [-0.4, -0.2) is 48.1 Å². The third-order valence-corrected chi connectivity index (χ3v) is 4.98. The zero-order valence-corrected chi connectivity index (χ0v) is 13.7. The SMILES string of the molecule is CCCN1CCC(CN)(N(CC)Cc2ccccc2)CC1. The molecule has 3 nitrogen and oxygen atoms in total. The Morgan fingerprint density at radius 1 is 1.14 bits per heavy atom. The van der Waals surface area contributed by atoms with Gasteiger partial charge in [0.2, 0.25) is 0 Å². The number of nitrogens with two attached hydrogens (primary N) is 1. The van der Waals surface area contributed by atoms with E-state index in [0.717, 1.165) is 19.6 Å². The number of hydrogen-bond donors (Lipinski definition) is 1. The van der Waals surface area contributed by atoms with Crippen LogP contribution >= 0.6 is 0 Å². The normalized spacial score (nSPS) is 19.0. The van der Waals surface area contributed by atoms with E-state index in [4.69, 9.17) is 5.73 Å². The van der Waals surface area contributed by atoms with Crippen molar-refractivity contribution in [3.63, 3.8) is 0 Å². The zero-order chi connectivity index (χ0) is 15.1. The molecule has 0 aromatic heterocycles. The number of likely N-dealkylation sites (tertiary alicyclic amines) is 1. The predicted molar refractivity (Wildman–Crippen MR) is 90.3 cm³/mol. The second-order valence-corrected chi connectivity index (χ2v) is 6.27. The summed E-state index contributed by atoms with van der Waals surface area (Å²) in [5.74, 6) is 0. The largest absolute Gasteiger partial charge is 0.329 e. The maximum atomic E-state index is 6.23. The summed E-state index contributed by atoms with van der Waals surface area (Å²) in [5, 5.41) is 0. The number of benzene rings is 1. The van der Waals surface area contributed by atoms with Crippen molar-refractivity contribution in [2.24, 2.45) is 5.73 Å². The molecule has 0 radical (unpaired) electrons. The summed E-state index contributed by atoms with van der Waals surface area (Å²) in [4.78, 5) is 5.19. The standard InChI is InChI=1S/C18H31N3/c1-3-12-20-13-10-18(16-19,11-14-20)21(4-2)15-17-8-6-5-7-9-17/h5-9H,3-4,10-16,19H2,1-2H3. The van der Waals surface area contributed by atoms with Gasteiger partial charge in [0.25, 0.3) is 0 Å². The van der Waals surface area contributed by atoms with Crippen molar-refractivity contribution in [1.29, 1.82) is 0 Å². The first-order valence-corrected chi connectivity index (χ1v) is 8.45. The van der Waals surface area contributed by atoms with Gasteiger partial charge >= 0.3 is 0 Å². The molecule has 0 amide bonds. The predicted octanol–water partition coefficient (Wildman–Crippen LogP) is 2.71. The fourth-order valence-corrected chi connectivity index (χ4v) is 3.58. The summed E-state index contributed by atoms with van der Waals surface area (Å²) >= 11 is 0. The molecule has 21 heavy (non-hydrogen) atoms. The molecule has 1 aromatic rings. The van der Waals surface area contributed by atoms with E-state index < -0.39 is 0 Å². The van der Waals surface area contributed by atoms with E-state index in [-0.39, 0.29) is 5.54 Å². The lowest BCUT2D eigenvalue weighted by Gasteiger charge is -2.48. The second kappa shape index (κ2) is 7.92. The Morgan fingerprint density at radius 3 is 2.33 bits per heavy atom. The lowest BCUT2D eigenvalue weighted by Crippen LogP contribution is -2.59. The molecule has 1 saturated heterocycles. The highest BCUT2D eigenvalue weighted by atomic mass is 15.2. The van der Waals surface area contributed by atoms with Gasteiger partial charge in [-0.3, -0.25) is 4.90 Å². The number of nitrogens with zero attached hydrogens (tertiary/aromatic N) is 2. The van der Waals surface area contributed by atoms with Crippen molar-refractivity contribution in [3.8, 4) is 0 Å². The van der Waals surface area contributed by atoms with E-state index in [1.54, 1.807) is 0 Å². The summed E-state index contributed by atoms with van der Waals surface area (Å²) < 4.78 is 0. The minimum absolute atomic E-state index is 0.189. The van der Waals surface area contributed by atoms with E-state index in [2.05, 4.69) is 54.0 Å². The van der Waals surface area contributed by atoms with Gasteiger partial charge in [0.05, 0.1) is 0 Å². The fourth-order valence-electron chi connectivity index (χ4n) is 3.58. The van der Waals surface area contributed by atoms with Crippen LogP contribution in [0.4, 0.5) is 0 Å². The third kappa shape index (κ3) is 4.06. The quantitative estimate of drug-likeness (QED) is 0.837. The third-order valence-electron chi connectivity index (χ3n) is 4.98. The molecule has 3 heteroatoms. The lowest BCUT2D eigenvalue weighted by molar-refractivity contribution is 0.0244. The number of likely N-dealkylation sites (N-methyl/N-ethyl adjacent to an activating group) is 1. The summed E-state index contributed by atoms with van der Waals surface area (Å²) in [6.45, 7) is 11.0. The van der Waals surface area contributed by atoms with Crippen LogP contribution < -0.4 is 5.73 Å². The number of piperidine rings is 1. The average molecular weight is 289 g/mol. The molecule has 118 valence electrons. The Balaban J connectivity index is 2.04. The van der Waals surface area contributed by atoms with Crippen molar-refractivity contribution in [1.82, 2.24) is 9.80 Å². The molecule has 2 rings (SSSR count). The van der Waals surface area contributed by atoms with Gasteiger partial charge in [-0.15, -0.1) is 0 Å². The molecule has 2 N–H and O–H groups in total. The first kappa shape index (κ1) is 16.5. The Morgan fingerprint density at radius 2 is 1.81 bits per heavy atom. The van der Waals surface area contributed by atoms with E-state index >= 15 is 0 Å². The Labute approximate surface area is 130 Å². The van der Waals surface area contributed by atoms with Gasteiger partial charge in [-0.1, -0.05) is 44.2 Å². The van der Waals surface area contributed by atoms with Crippen LogP contribution in [0, 0.1) is 0 Å². The zero-order valence-electron chi connectivity index (χ0n) is 13.7. The molecular formula is C18H31N3. The molecule has 0 bridgehead atoms. The summed E-state index contributed by atoms with van der Waals surface area (Å²) in [7, 11) is 0. The van der Waals surface area contributed by atoms with Crippen molar-refractivity contribution in [2.45, 2.75) is 45.2 Å². The van der Waals surface area contributed by atoms with Crippen molar-refractivity contribution in [3.05, 3.63) is 35.9 Å².